The van der Waals surface area contributed by atoms with Crippen molar-refractivity contribution in [2.75, 3.05) is 6.54 Å². The van der Waals surface area contributed by atoms with Gasteiger partial charge >= 0.3 is 0 Å². The van der Waals surface area contributed by atoms with E-state index in [9.17, 15) is 0 Å². The van der Waals surface area contributed by atoms with Crippen LogP contribution in [0.2, 0.25) is 0 Å². The molecule has 1 N–H and O–H groups in total. The zero-order valence-corrected chi connectivity index (χ0v) is 9.58. The molecular formula is C12H18N2O. The molecule has 0 spiro atoms. The number of pyridine rings is 1. The van der Waals surface area contributed by atoms with Gasteiger partial charge in [-0.25, -0.2) is 0 Å². The van der Waals surface area contributed by atoms with Crippen molar-refractivity contribution in [1.29, 1.82) is 0 Å². The SMILES string of the molecule is CCNC(C)C1Cc2nc(C)ccc2O1. The van der Waals surface area contributed by atoms with E-state index in [1.165, 1.54) is 0 Å². The first-order valence-corrected chi connectivity index (χ1v) is 5.57. The van der Waals surface area contributed by atoms with Crippen molar-refractivity contribution in [3.8, 4) is 5.75 Å². The largest absolute Gasteiger partial charge is 0.486 e. The molecule has 0 aromatic carbocycles. The summed E-state index contributed by atoms with van der Waals surface area (Å²) in [5, 5.41) is 3.38. The normalized spacial score (nSPS) is 20.9. The van der Waals surface area contributed by atoms with Crippen LogP contribution in [0.4, 0.5) is 0 Å². The Morgan fingerprint density at radius 2 is 2.40 bits per heavy atom. The van der Waals surface area contributed by atoms with Crippen LogP contribution in [0.3, 0.4) is 0 Å². The maximum Gasteiger partial charge on any atom is 0.141 e. The summed E-state index contributed by atoms with van der Waals surface area (Å²) in [7, 11) is 0. The van der Waals surface area contributed by atoms with Crippen LogP contribution in [0.25, 0.3) is 0 Å². The number of hydrogen-bond donors (Lipinski definition) is 1. The van der Waals surface area contributed by atoms with Gasteiger partial charge in [0.15, 0.2) is 0 Å². The van der Waals surface area contributed by atoms with E-state index in [0.29, 0.717) is 6.04 Å². The lowest BCUT2D eigenvalue weighted by Crippen LogP contribution is -2.39. The van der Waals surface area contributed by atoms with E-state index in [4.69, 9.17) is 4.74 Å². The molecule has 2 heterocycles. The monoisotopic (exact) mass is 206 g/mol. The van der Waals surface area contributed by atoms with E-state index in [0.717, 1.165) is 30.1 Å². The molecule has 0 saturated heterocycles. The molecule has 2 rings (SSSR count). The Kier molecular flexibility index (Phi) is 2.91. The Morgan fingerprint density at radius 3 is 3.13 bits per heavy atom. The first kappa shape index (κ1) is 10.4. The molecule has 15 heavy (non-hydrogen) atoms. The van der Waals surface area contributed by atoms with Gasteiger partial charge in [-0.1, -0.05) is 6.92 Å². The molecule has 82 valence electrons. The standard InChI is InChI=1S/C12H18N2O/c1-4-13-9(3)12-7-10-11(15-12)6-5-8(2)14-10/h5-6,9,12-13H,4,7H2,1-3H3. The fourth-order valence-electron chi connectivity index (χ4n) is 1.98. The summed E-state index contributed by atoms with van der Waals surface area (Å²) in [5.74, 6) is 0.954. The molecule has 0 bridgehead atoms. The topological polar surface area (TPSA) is 34.2 Å². The second-order valence-electron chi connectivity index (χ2n) is 4.10. The Hall–Kier alpha value is -1.09. The van der Waals surface area contributed by atoms with Crippen molar-refractivity contribution < 1.29 is 4.74 Å². The second kappa shape index (κ2) is 4.19. The van der Waals surface area contributed by atoms with E-state index in [1.807, 2.05) is 19.1 Å². The van der Waals surface area contributed by atoms with Crippen molar-refractivity contribution in [3.05, 3.63) is 23.5 Å². The van der Waals surface area contributed by atoms with Crippen molar-refractivity contribution >= 4 is 0 Å². The highest BCUT2D eigenvalue weighted by atomic mass is 16.5. The number of aryl methyl sites for hydroxylation is 1. The van der Waals surface area contributed by atoms with E-state index in [2.05, 4.69) is 24.1 Å². The third-order valence-corrected chi connectivity index (χ3v) is 2.83. The third kappa shape index (κ3) is 2.12. The van der Waals surface area contributed by atoms with Crippen LogP contribution >= 0.6 is 0 Å². The zero-order chi connectivity index (χ0) is 10.8. The first-order chi connectivity index (χ1) is 7.20. The van der Waals surface area contributed by atoms with E-state index < -0.39 is 0 Å². The minimum Gasteiger partial charge on any atom is -0.486 e. The Bertz CT molecular complexity index is 351. The van der Waals surface area contributed by atoms with Gasteiger partial charge in [0.25, 0.3) is 0 Å². The van der Waals surface area contributed by atoms with Crippen molar-refractivity contribution in [1.82, 2.24) is 10.3 Å². The summed E-state index contributed by atoms with van der Waals surface area (Å²) in [6.07, 6.45) is 1.15. The number of rotatable bonds is 3. The average Bonchev–Trinajstić information content (AvgIpc) is 2.60. The van der Waals surface area contributed by atoms with Crippen molar-refractivity contribution in [3.63, 3.8) is 0 Å². The molecule has 1 aromatic heterocycles. The van der Waals surface area contributed by atoms with Crippen LogP contribution in [0.15, 0.2) is 12.1 Å². The van der Waals surface area contributed by atoms with Gasteiger partial charge in [-0.05, 0) is 32.5 Å². The highest BCUT2D eigenvalue weighted by Crippen LogP contribution is 2.28. The molecule has 2 unspecified atom stereocenters. The summed E-state index contributed by atoms with van der Waals surface area (Å²) in [6, 6.07) is 4.40. The van der Waals surface area contributed by atoms with Gasteiger partial charge in [0, 0.05) is 18.2 Å². The molecule has 0 fully saturated rings. The number of nitrogens with one attached hydrogen (secondary N) is 1. The van der Waals surface area contributed by atoms with Gasteiger partial charge in [0.05, 0.1) is 5.69 Å². The average molecular weight is 206 g/mol. The summed E-state index contributed by atoms with van der Waals surface area (Å²) < 4.78 is 5.85. The molecule has 0 radical (unpaired) electrons. The van der Waals surface area contributed by atoms with Gasteiger partial charge in [0.2, 0.25) is 0 Å². The molecule has 0 amide bonds. The fourth-order valence-corrected chi connectivity index (χ4v) is 1.98. The molecule has 3 heteroatoms. The lowest BCUT2D eigenvalue weighted by molar-refractivity contribution is 0.187. The molecule has 1 aliphatic rings. The van der Waals surface area contributed by atoms with Crippen LogP contribution in [0.1, 0.15) is 25.2 Å². The van der Waals surface area contributed by atoms with Gasteiger partial charge in [-0.2, -0.15) is 0 Å². The van der Waals surface area contributed by atoms with Crippen LogP contribution in [-0.2, 0) is 6.42 Å². The Labute approximate surface area is 90.9 Å². The fraction of sp³-hybridized carbons (Fsp3) is 0.583. The Balaban J connectivity index is 2.08. The van der Waals surface area contributed by atoms with Crippen LogP contribution in [0.5, 0.6) is 5.75 Å². The van der Waals surface area contributed by atoms with E-state index in [1.54, 1.807) is 0 Å². The van der Waals surface area contributed by atoms with Crippen molar-refractivity contribution in [2.24, 2.45) is 0 Å². The highest BCUT2D eigenvalue weighted by Gasteiger charge is 2.28. The summed E-state index contributed by atoms with van der Waals surface area (Å²) >= 11 is 0. The predicted octanol–water partition coefficient (Wildman–Crippen LogP) is 1.69. The van der Waals surface area contributed by atoms with Gasteiger partial charge in [0.1, 0.15) is 11.9 Å². The minimum atomic E-state index is 0.231. The van der Waals surface area contributed by atoms with Crippen LogP contribution in [0, 0.1) is 6.92 Å². The number of nitrogens with zero attached hydrogens (tertiary/aromatic N) is 1. The molecule has 3 nitrogen and oxygen atoms in total. The molecule has 0 saturated carbocycles. The summed E-state index contributed by atoms with van der Waals surface area (Å²) in [5.41, 5.74) is 2.17. The molecule has 0 aliphatic carbocycles. The van der Waals surface area contributed by atoms with Gasteiger partial charge in [-0.15, -0.1) is 0 Å². The Morgan fingerprint density at radius 1 is 1.60 bits per heavy atom. The smallest absolute Gasteiger partial charge is 0.141 e. The molecule has 2 atom stereocenters. The third-order valence-electron chi connectivity index (χ3n) is 2.83. The van der Waals surface area contributed by atoms with Gasteiger partial charge in [-0.3, -0.25) is 4.98 Å². The zero-order valence-electron chi connectivity index (χ0n) is 9.58. The van der Waals surface area contributed by atoms with Gasteiger partial charge < -0.3 is 10.1 Å². The first-order valence-electron chi connectivity index (χ1n) is 5.57. The number of hydrogen-bond acceptors (Lipinski definition) is 3. The minimum absolute atomic E-state index is 0.231. The van der Waals surface area contributed by atoms with E-state index in [-0.39, 0.29) is 6.10 Å². The lowest BCUT2D eigenvalue weighted by Gasteiger charge is -2.19. The molecule has 1 aromatic rings. The maximum absolute atomic E-state index is 5.85. The van der Waals surface area contributed by atoms with Crippen LogP contribution in [-0.4, -0.2) is 23.7 Å². The number of fused-ring (bicyclic) bond motifs is 1. The van der Waals surface area contributed by atoms with Crippen molar-refractivity contribution in [2.45, 2.75) is 39.3 Å². The number of likely N-dealkylation sites (N-methyl/N-ethyl adjacent to an activating group) is 1. The quantitative estimate of drug-likeness (QED) is 0.817. The maximum atomic E-state index is 5.85. The lowest BCUT2D eigenvalue weighted by atomic mass is 10.1. The molecular weight excluding hydrogens is 188 g/mol. The highest BCUT2D eigenvalue weighted by molar-refractivity contribution is 5.33. The summed E-state index contributed by atoms with van der Waals surface area (Å²) in [4.78, 5) is 4.49. The summed E-state index contributed by atoms with van der Waals surface area (Å²) in [6.45, 7) is 7.26. The molecule has 1 aliphatic heterocycles. The predicted molar refractivity (Wildman–Crippen MR) is 60.2 cm³/mol. The number of ether oxygens (including phenoxy) is 1. The number of aromatic nitrogens is 1. The van der Waals surface area contributed by atoms with E-state index >= 15 is 0 Å². The second-order valence-corrected chi connectivity index (χ2v) is 4.10. The van der Waals surface area contributed by atoms with Crippen LogP contribution < -0.4 is 10.1 Å².